The molecule has 0 aliphatic heterocycles. The molecule has 0 spiro atoms. The highest BCUT2D eigenvalue weighted by atomic mass is 35.5. The summed E-state index contributed by atoms with van der Waals surface area (Å²) in [6, 6.07) is 2.57. The molecule has 16 heavy (non-hydrogen) atoms. The fourth-order valence-electron chi connectivity index (χ4n) is 2.48. The molecule has 1 saturated carbocycles. The van der Waals surface area contributed by atoms with E-state index in [2.05, 4.69) is 24.1 Å². The van der Waals surface area contributed by atoms with E-state index in [1.54, 1.807) is 6.20 Å². The van der Waals surface area contributed by atoms with E-state index < -0.39 is 0 Å². The zero-order chi connectivity index (χ0) is 11.5. The Morgan fingerprint density at radius 3 is 2.94 bits per heavy atom. The van der Waals surface area contributed by atoms with Gasteiger partial charge in [-0.25, -0.2) is 4.98 Å². The van der Waals surface area contributed by atoms with Gasteiger partial charge in [0.2, 0.25) is 0 Å². The molecule has 0 bridgehead atoms. The van der Waals surface area contributed by atoms with Gasteiger partial charge in [0.15, 0.2) is 5.15 Å². The van der Waals surface area contributed by atoms with Crippen molar-refractivity contribution in [1.29, 1.82) is 0 Å². The van der Waals surface area contributed by atoms with Crippen LogP contribution in [0.5, 0.6) is 0 Å². The van der Waals surface area contributed by atoms with Crippen LogP contribution in [0.2, 0.25) is 5.15 Å². The van der Waals surface area contributed by atoms with Crippen LogP contribution in [-0.4, -0.2) is 11.0 Å². The van der Waals surface area contributed by atoms with Crippen LogP contribution in [0.4, 0.5) is 5.69 Å². The van der Waals surface area contributed by atoms with Gasteiger partial charge in [-0.05, 0) is 43.7 Å². The molecule has 2 atom stereocenters. The van der Waals surface area contributed by atoms with E-state index in [0.717, 1.165) is 11.6 Å². The minimum Gasteiger partial charge on any atom is -0.380 e. The van der Waals surface area contributed by atoms with Gasteiger partial charge in [-0.3, -0.25) is 0 Å². The largest absolute Gasteiger partial charge is 0.380 e. The van der Waals surface area contributed by atoms with Crippen molar-refractivity contribution in [3.63, 3.8) is 0 Å². The molecule has 2 rings (SSSR count). The lowest BCUT2D eigenvalue weighted by Crippen LogP contribution is -2.16. The number of aryl methyl sites for hydroxylation is 1. The van der Waals surface area contributed by atoms with Crippen LogP contribution in [0.3, 0.4) is 0 Å². The Hall–Kier alpha value is -0.760. The molecule has 88 valence electrons. The molecule has 1 aromatic heterocycles. The fourth-order valence-corrected chi connectivity index (χ4v) is 2.74. The predicted molar refractivity (Wildman–Crippen MR) is 69.0 cm³/mol. The number of rotatable bonds is 3. The molecule has 3 heteroatoms. The van der Waals surface area contributed by atoms with Crippen molar-refractivity contribution in [2.24, 2.45) is 5.92 Å². The van der Waals surface area contributed by atoms with Crippen molar-refractivity contribution >= 4 is 17.3 Å². The number of hydrogen-bond donors (Lipinski definition) is 1. The Bertz CT molecular complexity index is 345. The van der Waals surface area contributed by atoms with E-state index in [9.17, 15) is 0 Å². The van der Waals surface area contributed by atoms with E-state index in [4.69, 9.17) is 11.6 Å². The minimum atomic E-state index is 0.574. The van der Waals surface area contributed by atoms with Crippen molar-refractivity contribution < 1.29 is 0 Å². The normalized spacial score (nSPS) is 24.7. The number of anilines is 1. The van der Waals surface area contributed by atoms with Crippen LogP contribution in [0.15, 0.2) is 12.3 Å². The summed E-state index contributed by atoms with van der Waals surface area (Å²) < 4.78 is 0. The van der Waals surface area contributed by atoms with E-state index in [-0.39, 0.29) is 0 Å². The topological polar surface area (TPSA) is 24.9 Å². The monoisotopic (exact) mass is 238 g/mol. The third-order valence-corrected chi connectivity index (χ3v) is 3.87. The van der Waals surface area contributed by atoms with Crippen LogP contribution in [0.1, 0.15) is 38.2 Å². The second kappa shape index (κ2) is 5.05. The highest BCUT2D eigenvalue weighted by Gasteiger charge is 2.24. The van der Waals surface area contributed by atoms with Crippen molar-refractivity contribution in [2.45, 2.75) is 45.6 Å². The standard InChI is InChI=1S/C13H19ClN2/c1-3-10-4-5-11(8-10)16-12-9(2)6-7-15-13(12)14/h6-7,10-11,16H,3-5,8H2,1-2H3. The average Bonchev–Trinajstić information content (AvgIpc) is 2.71. The Labute approximate surface area is 102 Å². The second-order valence-electron chi connectivity index (χ2n) is 4.72. The van der Waals surface area contributed by atoms with Gasteiger partial charge in [0.25, 0.3) is 0 Å². The molecule has 1 fully saturated rings. The van der Waals surface area contributed by atoms with E-state index in [0.29, 0.717) is 11.2 Å². The zero-order valence-electron chi connectivity index (χ0n) is 9.96. The smallest absolute Gasteiger partial charge is 0.152 e. The molecule has 0 amide bonds. The number of hydrogen-bond acceptors (Lipinski definition) is 2. The predicted octanol–water partition coefficient (Wildman–Crippen LogP) is 4.03. The number of nitrogens with zero attached hydrogens (tertiary/aromatic N) is 1. The summed E-state index contributed by atoms with van der Waals surface area (Å²) in [5, 5.41) is 4.14. The van der Waals surface area contributed by atoms with Gasteiger partial charge in [0, 0.05) is 12.2 Å². The lowest BCUT2D eigenvalue weighted by molar-refractivity contribution is 0.525. The number of aromatic nitrogens is 1. The number of nitrogens with one attached hydrogen (secondary N) is 1. The Balaban J connectivity index is 2.04. The molecule has 1 aliphatic rings. The highest BCUT2D eigenvalue weighted by Crippen LogP contribution is 2.32. The third-order valence-electron chi connectivity index (χ3n) is 3.58. The van der Waals surface area contributed by atoms with Gasteiger partial charge >= 0.3 is 0 Å². The molecular weight excluding hydrogens is 220 g/mol. The van der Waals surface area contributed by atoms with Gasteiger partial charge in [-0.15, -0.1) is 0 Å². The summed E-state index contributed by atoms with van der Waals surface area (Å²) in [6.07, 6.45) is 6.90. The Morgan fingerprint density at radius 2 is 2.31 bits per heavy atom. The Morgan fingerprint density at radius 1 is 1.50 bits per heavy atom. The first kappa shape index (κ1) is 11.7. The third kappa shape index (κ3) is 2.49. The minimum absolute atomic E-state index is 0.574. The van der Waals surface area contributed by atoms with Gasteiger partial charge < -0.3 is 5.32 Å². The molecule has 2 unspecified atom stereocenters. The molecule has 1 heterocycles. The molecule has 2 nitrogen and oxygen atoms in total. The molecule has 1 aliphatic carbocycles. The van der Waals surface area contributed by atoms with E-state index in [1.807, 2.05) is 6.07 Å². The van der Waals surface area contributed by atoms with Gasteiger partial charge in [-0.1, -0.05) is 24.9 Å². The molecule has 0 radical (unpaired) electrons. The zero-order valence-corrected chi connectivity index (χ0v) is 10.7. The van der Waals surface area contributed by atoms with Crippen LogP contribution < -0.4 is 5.32 Å². The molecular formula is C13H19ClN2. The first-order valence-corrected chi connectivity index (χ1v) is 6.46. The summed E-state index contributed by atoms with van der Waals surface area (Å²) in [5.74, 6) is 0.883. The summed E-state index contributed by atoms with van der Waals surface area (Å²) in [6.45, 7) is 4.34. The van der Waals surface area contributed by atoms with Crippen LogP contribution in [0.25, 0.3) is 0 Å². The average molecular weight is 239 g/mol. The maximum absolute atomic E-state index is 6.10. The highest BCUT2D eigenvalue weighted by molar-refractivity contribution is 6.32. The lowest BCUT2D eigenvalue weighted by atomic mass is 10.1. The van der Waals surface area contributed by atoms with E-state index in [1.165, 1.54) is 31.2 Å². The Kier molecular flexibility index (Phi) is 3.70. The van der Waals surface area contributed by atoms with E-state index >= 15 is 0 Å². The number of halogens is 1. The maximum atomic E-state index is 6.10. The van der Waals surface area contributed by atoms with Crippen LogP contribution in [0, 0.1) is 12.8 Å². The summed E-state index contributed by atoms with van der Waals surface area (Å²) in [5.41, 5.74) is 2.20. The molecule has 1 aromatic rings. The fraction of sp³-hybridized carbons (Fsp3) is 0.615. The van der Waals surface area contributed by atoms with Gasteiger partial charge in [-0.2, -0.15) is 0 Å². The molecule has 0 aromatic carbocycles. The summed E-state index contributed by atoms with van der Waals surface area (Å²) in [4.78, 5) is 4.12. The SMILES string of the molecule is CCC1CCC(Nc2c(C)ccnc2Cl)C1. The van der Waals surface area contributed by atoms with Crippen molar-refractivity contribution in [3.05, 3.63) is 23.0 Å². The molecule has 1 N–H and O–H groups in total. The molecule has 0 saturated heterocycles. The number of pyridine rings is 1. The van der Waals surface area contributed by atoms with Crippen molar-refractivity contribution in [2.75, 3.05) is 5.32 Å². The van der Waals surface area contributed by atoms with Crippen LogP contribution >= 0.6 is 11.6 Å². The van der Waals surface area contributed by atoms with Crippen LogP contribution in [-0.2, 0) is 0 Å². The second-order valence-corrected chi connectivity index (χ2v) is 5.08. The summed E-state index contributed by atoms with van der Waals surface area (Å²) >= 11 is 6.10. The first-order valence-electron chi connectivity index (χ1n) is 6.08. The lowest BCUT2D eigenvalue weighted by Gasteiger charge is -2.17. The van der Waals surface area contributed by atoms with Crippen molar-refractivity contribution in [3.8, 4) is 0 Å². The van der Waals surface area contributed by atoms with Crippen molar-refractivity contribution in [1.82, 2.24) is 4.98 Å². The first-order chi connectivity index (χ1) is 7.70. The van der Waals surface area contributed by atoms with Gasteiger partial charge in [0.1, 0.15) is 0 Å². The summed E-state index contributed by atoms with van der Waals surface area (Å²) in [7, 11) is 0. The maximum Gasteiger partial charge on any atom is 0.152 e. The van der Waals surface area contributed by atoms with Gasteiger partial charge in [0.05, 0.1) is 5.69 Å². The quantitative estimate of drug-likeness (QED) is 0.805.